The van der Waals surface area contributed by atoms with Crippen molar-refractivity contribution in [1.29, 1.82) is 0 Å². The molecule has 0 aliphatic rings. The number of aliphatic imine (C=N–C) groups is 1. The number of nitrogens with zero attached hydrogens (tertiary/aromatic N) is 1. The number of benzene rings is 1. The molecule has 0 amide bonds. The Kier molecular flexibility index (Phi) is 5.59. The van der Waals surface area contributed by atoms with Crippen LogP contribution in [0, 0.1) is 5.82 Å². The zero-order valence-corrected chi connectivity index (χ0v) is 10.1. The van der Waals surface area contributed by atoms with Crippen LogP contribution in [0.1, 0.15) is 5.56 Å². The van der Waals surface area contributed by atoms with Gasteiger partial charge in [-0.2, -0.15) is 0 Å². The third-order valence-electron chi connectivity index (χ3n) is 2.13. The van der Waals surface area contributed by atoms with E-state index in [-0.39, 0.29) is 5.82 Å². The molecule has 0 atom stereocenters. The fourth-order valence-electron chi connectivity index (χ4n) is 1.29. The van der Waals surface area contributed by atoms with Gasteiger partial charge in [0, 0.05) is 20.3 Å². The molecule has 5 heteroatoms. The third kappa shape index (κ3) is 4.50. The van der Waals surface area contributed by atoms with E-state index < -0.39 is 6.29 Å². The molecule has 94 valence electrons. The summed E-state index contributed by atoms with van der Waals surface area (Å²) < 4.78 is 28.0. The van der Waals surface area contributed by atoms with Gasteiger partial charge in [0.05, 0.1) is 19.9 Å². The van der Waals surface area contributed by atoms with Gasteiger partial charge in [-0.15, -0.1) is 0 Å². The van der Waals surface area contributed by atoms with E-state index in [9.17, 15) is 4.39 Å². The Bertz CT molecular complexity index is 378. The normalized spacial score (nSPS) is 11.4. The lowest BCUT2D eigenvalue weighted by molar-refractivity contribution is -0.0485. The quantitative estimate of drug-likeness (QED) is 0.565. The zero-order chi connectivity index (χ0) is 12.7. The molecule has 1 aromatic carbocycles. The third-order valence-corrected chi connectivity index (χ3v) is 2.13. The molecule has 17 heavy (non-hydrogen) atoms. The Hall–Kier alpha value is -1.46. The van der Waals surface area contributed by atoms with Crippen molar-refractivity contribution in [3.05, 3.63) is 29.6 Å². The van der Waals surface area contributed by atoms with Gasteiger partial charge in [-0.25, -0.2) is 4.39 Å². The van der Waals surface area contributed by atoms with E-state index in [0.717, 1.165) is 5.56 Å². The number of halogens is 1. The van der Waals surface area contributed by atoms with Gasteiger partial charge >= 0.3 is 0 Å². The SMILES string of the molecule is COc1cc(F)cc(CN=CC(OC)OC)c1. The second-order valence-electron chi connectivity index (χ2n) is 3.33. The summed E-state index contributed by atoms with van der Waals surface area (Å²) in [6.07, 6.45) is 1.04. The summed E-state index contributed by atoms with van der Waals surface area (Å²) in [5, 5.41) is 0. The van der Waals surface area contributed by atoms with E-state index in [1.54, 1.807) is 6.07 Å². The first-order chi connectivity index (χ1) is 8.19. The van der Waals surface area contributed by atoms with Crippen molar-refractivity contribution in [2.24, 2.45) is 4.99 Å². The molecule has 4 nitrogen and oxygen atoms in total. The smallest absolute Gasteiger partial charge is 0.193 e. The summed E-state index contributed by atoms with van der Waals surface area (Å²) in [7, 11) is 4.53. The minimum absolute atomic E-state index is 0.343. The van der Waals surface area contributed by atoms with Crippen LogP contribution in [0.3, 0.4) is 0 Å². The van der Waals surface area contributed by atoms with Gasteiger partial charge in [0.25, 0.3) is 0 Å². The summed E-state index contributed by atoms with van der Waals surface area (Å²) >= 11 is 0. The molecule has 0 aliphatic carbocycles. The molecule has 0 saturated carbocycles. The first kappa shape index (κ1) is 13.6. The van der Waals surface area contributed by atoms with Crippen LogP contribution in [0.5, 0.6) is 5.75 Å². The maximum absolute atomic E-state index is 13.2. The van der Waals surface area contributed by atoms with Crippen molar-refractivity contribution >= 4 is 6.21 Å². The Morgan fingerprint density at radius 2 is 1.94 bits per heavy atom. The average molecular weight is 241 g/mol. The van der Waals surface area contributed by atoms with Gasteiger partial charge in [0.2, 0.25) is 0 Å². The molecule has 0 N–H and O–H groups in total. The van der Waals surface area contributed by atoms with Crippen LogP contribution >= 0.6 is 0 Å². The second-order valence-corrected chi connectivity index (χ2v) is 3.33. The lowest BCUT2D eigenvalue weighted by atomic mass is 10.2. The number of rotatable bonds is 6. The molecule has 0 heterocycles. The van der Waals surface area contributed by atoms with Gasteiger partial charge < -0.3 is 14.2 Å². The fraction of sp³-hybridized carbons (Fsp3) is 0.417. The van der Waals surface area contributed by atoms with Crippen LogP contribution in [-0.2, 0) is 16.0 Å². The number of hydrogen-bond donors (Lipinski definition) is 0. The van der Waals surface area contributed by atoms with Crippen LogP contribution in [0.2, 0.25) is 0 Å². The largest absolute Gasteiger partial charge is 0.497 e. The van der Waals surface area contributed by atoms with Crippen molar-refractivity contribution in [2.45, 2.75) is 12.8 Å². The van der Waals surface area contributed by atoms with Crippen LogP contribution < -0.4 is 4.74 Å². The minimum Gasteiger partial charge on any atom is -0.497 e. The van der Waals surface area contributed by atoms with E-state index in [2.05, 4.69) is 4.99 Å². The maximum atomic E-state index is 13.2. The van der Waals surface area contributed by atoms with E-state index in [1.165, 1.54) is 39.7 Å². The molecule has 0 saturated heterocycles. The van der Waals surface area contributed by atoms with Crippen molar-refractivity contribution in [3.63, 3.8) is 0 Å². The molecule has 0 aromatic heterocycles. The van der Waals surface area contributed by atoms with Gasteiger partial charge in [-0.3, -0.25) is 4.99 Å². The Morgan fingerprint density at radius 3 is 2.53 bits per heavy atom. The molecule has 0 unspecified atom stereocenters. The van der Waals surface area contributed by atoms with Gasteiger partial charge in [-0.05, 0) is 17.7 Å². The molecular formula is C12H16FNO3. The minimum atomic E-state index is -0.481. The highest BCUT2D eigenvalue weighted by molar-refractivity contribution is 5.61. The van der Waals surface area contributed by atoms with Crippen LogP contribution in [0.15, 0.2) is 23.2 Å². The molecule has 1 rings (SSSR count). The molecule has 0 aliphatic heterocycles. The van der Waals surface area contributed by atoms with E-state index in [0.29, 0.717) is 12.3 Å². The van der Waals surface area contributed by atoms with Crippen molar-refractivity contribution in [3.8, 4) is 5.75 Å². The predicted molar refractivity (Wildman–Crippen MR) is 63.0 cm³/mol. The number of hydrogen-bond acceptors (Lipinski definition) is 4. The summed E-state index contributed by atoms with van der Waals surface area (Å²) in [5.41, 5.74) is 0.726. The highest BCUT2D eigenvalue weighted by Gasteiger charge is 2.01. The first-order valence-corrected chi connectivity index (χ1v) is 5.08. The zero-order valence-electron chi connectivity index (χ0n) is 10.1. The molecule has 0 bridgehead atoms. The standard InChI is InChI=1S/C12H16FNO3/c1-15-11-5-9(4-10(13)6-11)7-14-8-12(16-2)17-3/h4-6,8,12H,7H2,1-3H3. The molecular weight excluding hydrogens is 225 g/mol. The van der Waals surface area contributed by atoms with Gasteiger partial charge in [0.15, 0.2) is 6.29 Å². The summed E-state index contributed by atoms with van der Waals surface area (Å²) in [6.45, 7) is 0.345. The Balaban J connectivity index is 2.65. The maximum Gasteiger partial charge on any atom is 0.193 e. The highest BCUT2D eigenvalue weighted by atomic mass is 19.1. The number of methoxy groups -OCH3 is 3. The molecule has 1 aromatic rings. The lowest BCUT2D eigenvalue weighted by Gasteiger charge is -2.07. The average Bonchev–Trinajstić information content (AvgIpc) is 2.34. The van der Waals surface area contributed by atoms with Crippen molar-refractivity contribution < 1.29 is 18.6 Å². The van der Waals surface area contributed by atoms with Gasteiger partial charge in [-0.1, -0.05) is 0 Å². The Labute approximate surface area is 100 Å². The Morgan fingerprint density at radius 1 is 1.24 bits per heavy atom. The highest BCUT2D eigenvalue weighted by Crippen LogP contribution is 2.16. The van der Waals surface area contributed by atoms with E-state index in [1.807, 2.05) is 0 Å². The lowest BCUT2D eigenvalue weighted by Crippen LogP contribution is -2.14. The number of ether oxygens (including phenoxy) is 3. The summed E-state index contributed by atoms with van der Waals surface area (Å²) in [6, 6.07) is 4.46. The van der Waals surface area contributed by atoms with Crippen LogP contribution in [-0.4, -0.2) is 33.8 Å². The van der Waals surface area contributed by atoms with E-state index >= 15 is 0 Å². The second kappa shape index (κ2) is 6.98. The van der Waals surface area contributed by atoms with Crippen molar-refractivity contribution in [2.75, 3.05) is 21.3 Å². The van der Waals surface area contributed by atoms with Gasteiger partial charge in [0.1, 0.15) is 11.6 Å². The van der Waals surface area contributed by atoms with Crippen LogP contribution in [0.4, 0.5) is 4.39 Å². The van der Waals surface area contributed by atoms with E-state index in [4.69, 9.17) is 14.2 Å². The monoisotopic (exact) mass is 241 g/mol. The topological polar surface area (TPSA) is 40.0 Å². The molecule has 0 radical (unpaired) electrons. The van der Waals surface area contributed by atoms with Crippen LogP contribution in [0.25, 0.3) is 0 Å². The predicted octanol–water partition coefficient (Wildman–Crippen LogP) is 2.02. The van der Waals surface area contributed by atoms with Crippen molar-refractivity contribution in [1.82, 2.24) is 0 Å². The summed E-state index contributed by atoms with van der Waals surface area (Å²) in [5.74, 6) is 0.134. The molecule has 0 spiro atoms. The fourth-order valence-corrected chi connectivity index (χ4v) is 1.29. The summed E-state index contributed by atoms with van der Waals surface area (Å²) in [4.78, 5) is 4.10. The first-order valence-electron chi connectivity index (χ1n) is 5.08. The molecule has 0 fully saturated rings.